The first-order valence-electron chi connectivity index (χ1n) is 6.73. The van der Waals surface area contributed by atoms with E-state index in [1.54, 1.807) is 0 Å². The molecular formula is C15H22N2O. The van der Waals surface area contributed by atoms with Crippen LogP contribution < -0.4 is 10.6 Å². The third-order valence-electron chi connectivity index (χ3n) is 4.08. The predicted molar refractivity (Wildman–Crippen MR) is 73.4 cm³/mol. The summed E-state index contributed by atoms with van der Waals surface area (Å²) in [5, 5.41) is 6.43. The van der Waals surface area contributed by atoms with Crippen molar-refractivity contribution in [1.29, 1.82) is 0 Å². The van der Waals surface area contributed by atoms with Crippen LogP contribution >= 0.6 is 0 Å². The normalized spacial score (nSPS) is 14.4. The van der Waals surface area contributed by atoms with E-state index in [4.69, 9.17) is 0 Å². The number of amides is 1. The molecular weight excluding hydrogens is 224 g/mol. The molecule has 18 heavy (non-hydrogen) atoms. The molecule has 2 rings (SSSR count). The van der Waals surface area contributed by atoms with Gasteiger partial charge in [-0.25, -0.2) is 0 Å². The Morgan fingerprint density at radius 1 is 1.28 bits per heavy atom. The van der Waals surface area contributed by atoms with Crippen LogP contribution in [0.15, 0.2) is 18.2 Å². The largest absolute Gasteiger partial charge is 0.347 e. The molecule has 0 radical (unpaired) electrons. The van der Waals surface area contributed by atoms with E-state index in [1.807, 2.05) is 12.1 Å². The highest BCUT2D eigenvalue weighted by Gasteiger charge is 2.23. The van der Waals surface area contributed by atoms with Crippen molar-refractivity contribution in [3.63, 3.8) is 0 Å². The molecule has 98 valence electrons. The van der Waals surface area contributed by atoms with Crippen LogP contribution in [0.3, 0.4) is 0 Å². The van der Waals surface area contributed by atoms with Crippen molar-refractivity contribution in [2.75, 3.05) is 0 Å². The number of hydrogen-bond donors (Lipinski definition) is 2. The van der Waals surface area contributed by atoms with Crippen LogP contribution in [0.25, 0.3) is 0 Å². The summed E-state index contributed by atoms with van der Waals surface area (Å²) < 4.78 is 0. The smallest absolute Gasteiger partial charge is 0.251 e. The summed E-state index contributed by atoms with van der Waals surface area (Å²) in [6.07, 6.45) is 1.89. The van der Waals surface area contributed by atoms with Crippen molar-refractivity contribution in [2.24, 2.45) is 0 Å². The topological polar surface area (TPSA) is 41.1 Å². The average molecular weight is 246 g/mol. The van der Waals surface area contributed by atoms with Gasteiger partial charge in [0.15, 0.2) is 0 Å². The molecule has 1 aromatic carbocycles. The lowest BCUT2D eigenvalue weighted by atomic mass is 9.95. The summed E-state index contributed by atoms with van der Waals surface area (Å²) >= 11 is 0. The van der Waals surface area contributed by atoms with Gasteiger partial charge in [-0.2, -0.15) is 0 Å². The van der Waals surface area contributed by atoms with E-state index in [0.29, 0.717) is 0 Å². The van der Waals surface area contributed by atoms with Gasteiger partial charge in [0.1, 0.15) is 0 Å². The van der Waals surface area contributed by atoms with E-state index in [9.17, 15) is 4.79 Å². The summed E-state index contributed by atoms with van der Waals surface area (Å²) in [5.74, 6) is 0.0379. The van der Waals surface area contributed by atoms with E-state index >= 15 is 0 Å². The minimum atomic E-state index is -0.103. The molecule has 1 aliphatic rings. The van der Waals surface area contributed by atoms with Gasteiger partial charge in [-0.05, 0) is 43.0 Å². The summed E-state index contributed by atoms with van der Waals surface area (Å²) in [6.45, 7) is 8.10. The van der Waals surface area contributed by atoms with Crippen molar-refractivity contribution in [2.45, 2.75) is 52.2 Å². The van der Waals surface area contributed by atoms with Crippen LogP contribution in [0.5, 0.6) is 0 Å². The van der Waals surface area contributed by atoms with Crippen LogP contribution in [0, 0.1) is 0 Å². The molecule has 0 bridgehead atoms. The second kappa shape index (κ2) is 5.11. The second-order valence-corrected chi connectivity index (χ2v) is 5.31. The Morgan fingerprint density at radius 2 is 1.94 bits per heavy atom. The molecule has 1 amide bonds. The highest BCUT2D eigenvalue weighted by atomic mass is 16.1. The molecule has 0 aliphatic carbocycles. The lowest BCUT2D eigenvalue weighted by Crippen LogP contribution is -2.44. The van der Waals surface area contributed by atoms with Gasteiger partial charge in [0, 0.05) is 24.2 Å². The maximum Gasteiger partial charge on any atom is 0.251 e. The Labute approximate surface area is 109 Å². The Kier molecular flexibility index (Phi) is 3.71. The maximum atomic E-state index is 12.2. The molecule has 1 heterocycles. The molecule has 0 atom stereocenters. The van der Waals surface area contributed by atoms with Gasteiger partial charge >= 0.3 is 0 Å². The van der Waals surface area contributed by atoms with Gasteiger partial charge in [-0.1, -0.05) is 19.9 Å². The number of hydrogen-bond acceptors (Lipinski definition) is 2. The van der Waals surface area contributed by atoms with E-state index < -0.39 is 0 Å². The third-order valence-corrected chi connectivity index (χ3v) is 4.08. The molecule has 0 fully saturated rings. The van der Waals surface area contributed by atoms with Crippen LogP contribution in [0.1, 0.15) is 55.1 Å². The Morgan fingerprint density at radius 3 is 2.61 bits per heavy atom. The van der Waals surface area contributed by atoms with Gasteiger partial charge in [-0.3, -0.25) is 4.79 Å². The van der Waals surface area contributed by atoms with Crippen LogP contribution in [0.2, 0.25) is 0 Å². The third kappa shape index (κ3) is 2.56. The first-order valence-corrected chi connectivity index (χ1v) is 6.73. The molecule has 0 aromatic heterocycles. The standard InChI is InChI=1S/C15H22N2O/c1-4-15(3,5-2)17-14(18)11-6-7-12-9-16-10-13(12)8-11/h6-8,16H,4-5,9-10H2,1-3H3,(H,17,18). The SMILES string of the molecule is CCC(C)(CC)NC(=O)c1ccc2c(c1)CNC2. The van der Waals surface area contributed by atoms with Crippen molar-refractivity contribution >= 4 is 5.91 Å². The lowest BCUT2D eigenvalue weighted by molar-refractivity contribution is 0.0901. The maximum absolute atomic E-state index is 12.2. The van der Waals surface area contributed by atoms with Gasteiger partial charge in [0.25, 0.3) is 5.91 Å². The fourth-order valence-electron chi connectivity index (χ4n) is 2.21. The first kappa shape index (κ1) is 13.1. The summed E-state index contributed by atoms with van der Waals surface area (Å²) in [7, 11) is 0. The predicted octanol–water partition coefficient (Wildman–Crippen LogP) is 2.60. The van der Waals surface area contributed by atoms with Gasteiger partial charge in [-0.15, -0.1) is 0 Å². The first-order chi connectivity index (χ1) is 8.58. The minimum Gasteiger partial charge on any atom is -0.347 e. The highest BCUT2D eigenvalue weighted by Crippen LogP contribution is 2.19. The molecule has 3 heteroatoms. The summed E-state index contributed by atoms with van der Waals surface area (Å²) in [5.41, 5.74) is 3.22. The van der Waals surface area contributed by atoms with Gasteiger partial charge < -0.3 is 10.6 Å². The molecule has 3 nitrogen and oxygen atoms in total. The molecule has 0 unspecified atom stereocenters. The second-order valence-electron chi connectivity index (χ2n) is 5.31. The average Bonchev–Trinajstić information content (AvgIpc) is 2.85. The van der Waals surface area contributed by atoms with Crippen molar-refractivity contribution in [1.82, 2.24) is 10.6 Å². The monoisotopic (exact) mass is 246 g/mol. The Bertz CT molecular complexity index is 450. The van der Waals surface area contributed by atoms with E-state index in [0.717, 1.165) is 31.5 Å². The number of carbonyl (C=O) groups is 1. The molecule has 0 spiro atoms. The van der Waals surface area contributed by atoms with E-state index in [1.165, 1.54) is 11.1 Å². The lowest BCUT2D eigenvalue weighted by Gasteiger charge is -2.28. The minimum absolute atomic E-state index is 0.0379. The van der Waals surface area contributed by atoms with Crippen molar-refractivity contribution in [3.05, 3.63) is 34.9 Å². The highest BCUT2D eigenvalue weighted by molar-refractivity contribution is 5.95. The molecule has 2 N–H and O–H groups in total. The summed E-state index contributed by atoms with van der Waals surface area (Å²) in [6, 6.07) is 5.99. The Balaban J connectivity index is 2.14. The van der Waals surface area contributed by atoms with E-state index in [2.05, 4.69) is 37.5 Å². The van der Waals surface area contributed by atoms with Gasteiger partial charge in [0.2, 0.25) is 0 Å². The summed E-state index contributed by atoms with van der Waals surface area (Å²) in [4.78, 5) is 12.2. The molecule has 0 saturated carbocycles. The Hall–Kier alpha value is -1.35. The fraction of sp³-hybridized carbons (Fsp3) is 0.533. The zero-order valence-electron chi connectivity index (χ0n) is 11.5. The number of rotatable bonds is 4. The number of fused-ring (bicyclic) bond motifs is 1. The van der Waals surface area contributed by atoms with Crippen LogP contribution in [0.4, 0.5) is 0 Å². The number of carbonyl (C=O) groups excluding carboxylic acids is 1. The zero-order chi connectivity index (χ0) is 13.2. The number of nitrogens with one attached hydrogen (secondary N) is 2. The quantitative estimate of drug-likeness (QED) is 0.857. The molecule has 1 aliphatic heterocycles. The zero-order valence-corrected chi connectivity index (χ0v) is 11.5. The molecule has 1 aromatic rings. The van der Waals surface area contributed by atoms with Crippen molar-refractivity contribution in [3.8, 4) is 0 Å². The fourth-order valence-corrected chi connectivity index (χ4v) is 2.21. The van der Waals surface area contributed by atoms with E-state index in [-0.39, 0.29) is 11.4 Å². The van der Waals surface area contributed by atoms with Crippen molar-refractivity contribution < 1.29 is 4.79 Å². The van der Waals surface area contributed by atoms with Crippen LogP contribution in [-0.2, 0) is 13.1 Å². The van der Waals surface area contributed by atoms with Gasteiger partial charge in [0.05, 0.1) is 0 Å². The number of benzene rings is 1. The molecule has 0 saturated heterocycles. The van der Waals surface area contributed by atoms with Crippen LogP contribution in [-0.4, -0.2) is 11.4 Å².